The first-order valence-corrected chi connectivity index (χ1v) is 7.11. The van der Waals surface area contributed by atoms with Crippen LogP contribution in [0.15, 0.2) is 47.3 Å². The number of para-hydroxylation sites is 2. The molecule has 1 aromatic heterocycles. The predicted molar refractivity (Wildman–Crippen MR) is 82.4 cm³/mol. The van der Waals surface area contributed by atoms with Crippen LogP contribution in [-0.2, 0) is 13.1 Å². The molecule has 0 radical (unpaired) electrons. The second kappa shape index (κ2) is 5.37. The van der Waals surface area contributed by atoms with E-state index in [-0.39, 0.29) is 18.1 Å². The van der Waals surface area contributed by atoms with Gasteiger partial charge in [0.05, 0.1) is 17.6 Å². The zero-order valence-electron chi connectivity index (χ0n) is 11.5. The van der Waals surface area contributed by atoms with Crippen molar-refractivity contribution < 1.29 is 4.39 Å². The molecule has 3 aromatic rings. The van der Waals surface area contributed by atoms with Gasteiger partial charge in [-0.2, -0.15) is 0 Å². The van der Waals surface area contributed by atoms with Gasteiger partial charge in [0.15, 0.2) is 0 Å². The van der Waals surface area contributed by atoms with Crippen LogP contribution in [0.5, 0.6) is 0 Å². The molecule has 0 spiro atoms. The molecule has 1 heterocycles. The van der Waals surface area contributed by atoms with Gasteiger partial charge in [0.1, 0.15) is 5.82 Å². The Morgan fingerprint density at radius 1 is 1.10 bits per heavy atom. The number of benzene rings is 2. The summed E-state index contributed by atoms with van der Waals surface area (Å²) in [6, 6.07) is 11.9. The van der Waals surface area contributed by atoms with Crippen LogP contribution in [-0.4, -0.2) is 9.13 Å². The minimum Gasteiger partial charge on any atom is -0.292 e. The lowest BCUT2D eigenvalue weighted by Gasteiger charge is -2.05. The smallest absolute Gasteiger partial charge is 0.292 e. The van der Waals surface area contributed by atoms with Crippen LogP contribution < -0.4 is 5.69 Å². The summed E-state index contributed by atoms with van der Waals surface area (Å²) in [4.78, 5) is 12.5. The highest BCUT2D eigenvalue weighted by molar-refractivity contribution is 6.30. The first-order chi connectivity index (χ1) is 10.1. The molecule has 3 nitrogen and oxygen atoms in total. The van der Waals surface area contributed by atoms with Crippen molar-refractivity contribution in [1.82, 2.24) is 9.13 Å². The molecule has 5 heteroatoms. The van der Waals surface area contributed by atoms with Crippen LogP contribution in [0.25, 0.3) is 11.0 Å². The first kappa shape index (κ1) is 13.9. The lowest BCUT2D eigenvalue weighted by atomic mass is 10.2. The van der Waals surface area contributed by atoms with E-state index in [4.69, 9.17) is 11.6 Å². The van der Waals surface area contributed by atoms with E-state index in [0.29, 0.717) is 17.1 Å². The average molecular weight is 305 g/mol. The number of aromatic nitrogens is 2. The number of hydrogen-bond acceptors (Lipinski definition) is 1. The van der Waals surface area contributed by atoms with Crippen LogP contribution >= 0.6 is 11.6 Å². The molecule has 108 valence electrons. The fourth-order valence-electron chi connectivity index (χ4n) is 2.57. The lowest BCUT2D eigenvalue weighted by molar-refractivity contribution is 0.594. The zero-order chi connectivity index (χ0) is 15.0. The lowest BCUT2D eigenvalue weighted by Crippen LogP contribution is -2.24. The molecule has 0 aliphatic heterocycles. The largest absolute Gasteiger partial charge is 0.329 e. The van der Waals surface area contributed by atoms with Crippen molar-refractivity contribution >= 4 is 22.6 Å². The number of imidazole rings is 1. The molecule has 0 saturated heterocycles. The molecule has 0 N–H and O–H groups in total. The van der Waals surface area contributed by atoms with E-state index in [9.17, 15) is 9.18 Å². The summed E-state index contributed by atoms with van der Waals surface area (Å²) in [5, 5.41) is 0.457. The highest BCUT2D eigenvalue weighted by atomic mass is 35.5. The van der Waals surface area contributed by atoms with E-state index in [1.165, 1.54) is 12.1 Å². The monoisotopic (exact) mass is 304 g/mol. The molecule has 0 aliphatic carbocycles. The van der Waals surface area contributed by atoms with Crippen LogP contribution in [0.4, 0.5) is 4.39 Å². The second-order valence-corrected chi connectivity index (χ2v) is 5.27. The van der Waals surface area contributed by atoms with Crippen LogP contribution in [0.1, 0.15) is 12.5 Å². The van der Waals surface area contributed by atoms with Crippen molar-refractivity contribution in [2.45, 2.75) is 20.0 Å². The SMILES string of the molecule is CCn1c(=O)n(Cc2cc(Cl)ccc2F)c2ccccc21. The predicted octanol–water partition coefficient (Wildman–Crippen LogP) is 3.66. The van der Waals surface area contributed by atoms with E-state index in [1.54, 1.807) is 15.2 Å². The molecule has 0 atom stereocenters. The van der Waals surface area contributed by atoms with Gasteiger partial charge in [-0.3, -0.25) is 9.13 Å². The topological polar surface area (TPSA) is 26.9 Å². The highest BCUT2D eigenvalue weighted by Crippen LogP contribution is 2.18. The van der Waals surface area contributed by atoms with Crippen molar-refractivity contribution in [3.8, 4) is 0 Å². The van der Waals surface area contributed by atoms with Gasteiger partial charge >= 0.3 is 5.69 Å². The Kier molecular flexibility index (Phi) is 3.55. The summed E-state index contributed by atoms with van der Waals surface area (Å²) < 4.78 is 17.2. The van der Waals surface area contributed by atoms with Crippen molar-refractivity contribution in [2.24, 2.45) is 0 Å². The molecular weight excluding hydrogens is 291 g/mol. The van der Waals surface area contributed by atoms with Gasteiger partial charge in [0, 0.05) is 17.1 Å². The van der Waals surface area contributed by atoms with Gasteiger partial charge in [-0.1, -0.05) is 23.7 Å². The Balaban J connectivity index is 2.19. The molecule has 0 saturated carbocycles. The maximum absolute atomic E-state index is 13.9. The summed E-state index contributed by atoms with van der Waals surface area (Å²) >= 11 is 5.91. The standard InChI is InChI=1S/C16H14ClFN2O/c1-2-19-14-5-3-4-6-15(14)20(16(19)21)10-11-9-12(17)7-8-13(11)18/h3-9H,2,10H2,1H3. The quantitative estimate of drug-likeness (QED) is 0.725. The molecule has 0 amide bonds. The third-order valence-corrected chi connectivity index (χ3v) is 3.81. The van der Waals surface area contributed by atoms with E-state index >= 15 is 0 Å². The number of hydrogen-bond donors (Lipinski definition) is 0. The average Bonchev–Trinajstić information content (AvgIpc) is 2.75. The summed E-state index contributed by atoms with van der Waals surface area (Å²) in [5.41, 5.74) is 1.91. The fourth-order valence-corrected chi connectivity index (χ4v) is 2.76. The summed E-state index contributed by atoms with van der Waals surface area (Å²) in [7, 11) is 0. The van der Waals surface area contributed by atoms with Crippen molar-refractivity contribution in [3.63, 3.8) is 0 Å². The minimum absolute atomic E-state index is 0.141. The summed E-state index contributed by atoms with van der Waals surface area (Å²) in [5.74, 6) is -0.361. The Labute approximate surface area is 126 Å². The maximum atomic E-state index is 13.9. The van der Waals surface area contributed by atoms with Crippen molar-refractivity contribution in [3.05, 3.63) is 69.4 Å². The van der Waals surface area contributed by atoms with Gasteiger partial charge in [-0.15, -0.1) is 0 Å². The fraction of sp³-hybridized carbons (Fsp3) is 0.188. The second-order valence-electron chi connectivity index (χ2n) is 4.84. The third-order valence-electron chi connectivity index (χ3n) is 3.58. The van der Waals surface area contributed by atoms with Crippen LogP contribution in [0.2, 0.25) is 5.02 Å². The molecule has 21 heavy (non-hydrogen) atoms. The van der Waals surface area contributed by atoms with Crippen molar-refractivity contribution in [2.75, 3.05) is 0 Å². The molecule has 0 unspecified atom stereocenters. The summed E-state index contributed by atoms with van der Waals surface area (Å²) in [6.45, 7) is 2.65. The van der Waals surface area contributed by atoms with Crippen molar-refractivity contribution in [1.29, 1.82) is 0 Å². The molecule has 3 rings (SSSR count). The number of fused-ring (bicyclic) bond motifs is 1. The molecule has 0 aliphatic rings. The maximum Gasteiger partial charge on any atom is 0.329 e. The molecule has 0 fully saturated rings. The van der Waals surface area contributed by atoms with Gasteiger partial charge in [-0.05, 0) is 37.3 Å². The summed E-state index contributed by atoms with van der Waals surface area (Å²) in [6.07, 6.45) is 0. The Morgan fingerprint density at radius 2 is 1.76 bits per heavy atom. The van der Waals surface area contributed by atoms with Gasteiger partial charge in [0.25, 0.3) is 0 Å². The highest BCUT2D eigenvalue weighted by Gasteiger charge is 2.13. The van der Waals surface area contributed by atoms with E-state index in [0.717, 1.165) is 11.0 Å². The van der Waals surface area contributed by atoms with Gasteiger partial charge in [-0.25, -0.2) is 9.18 Å². The van der Waals surface area contributed by atoms with E-state index in [1.807, 2.05) is 31.2 Å². The molecule has 2 aromatic carbocycles. The van der Waals surface area contributed by atoms with E-state index < -0.39 is 0 Å². The normalized spacial score (nSPS) is 11.2. The Bertz CT molecular complexity index is 866. The zero-order valence-corrected chi connectivity index (χ0v) is 12.3. The first-order valence-electron chi connectivity index (χ1n) is 6.74. The number of nitrogens with zero attached hydrogens (tertiary/aromatic N) is 2. The number of aryl methyl sites for hydroxylation is 1. The van der Waals surface area contributed by atoms with Gasteiger partial charge < -0.3 is 0 Å². The number of rotatable bonds is 3. The molecule has 0 bridgehead atoms. The van der Waals surface area contributed by atoms with Crippen LogP contribution in [0, 0.1) is 5.82 Å². The Hall–Kier alpha value is -2.07. The number of halogens is 2. The van der Waals surface area contributed by atoms with E-state index in [2.05, 4.69) is 0 Å². The third kappa shape index (κ3) is 2.36. The van der Waals surface area contributed by atoms with Crippen LogP contribution in [0.3, 0.4) is 0 Å². The minimum atomic E-state index is -0.361. The van der Waals surface area contributed by atoms with Gasteiger partial charge in [0.2, 0.25) is 0 Å². The Morgan fingerprint density at radius 3 is 2.43 bits per heavy atom. The molecular formula is C16H14ClFN2O.